The number of nitrogens with zero attached hydrogens (tertiary/aromatic N) is 1. The highest BCUT2D eigenvalue weighted by Gasteiger charge is 2.33. The van der Waals surface area contributed by atoms with Crippen molar-refractivity contribution in [3.05, 3.63) is 101 Å². The minimum Gasteiger partial charge on any atom is -0.318 e. The Labute approximate surface area is 156 Å². The lowest BCUT2D eigenvalue weighted by Gasteiger charge is -2.36. The summed E-state index contributed by atoms with van der Waals surface area (Å²) in [7, 11) is 0. The molecule has 0 saturated heterocycles. The monoisotopic (exact) mass is 365 g/mol. The number of thioether (sulfide) groups is 1. The van der Waals surface area contributed by atoms with Crippen LogP contribution in [-0.4, -0.2) is 10.8 Å². The number of fused-ring (bicyclic) bond motifs is 1. The molecule has 3 aromatic carbocycles. The molecule has 1 aliphatic heterocycles. The Morgan fingerprint density at radius 2 is 1.56 bits per heavy atom. The van der Waals surface area contributed by atoms with Crippen LogP contribution < -0.4 is 0 Å². The number of halogens is 1. The van der Waals surface area contributed by atoms with Crippen LogP contribution in [0, 0.1) is 0 Å². The highest BCUT2D eigenvalue weighted by Crippen LogP contribution is 2.45. The van der Waals surface area contributed by atoms with Gasteiger partial charge < -0.3 is 4.90 Å². The van der Waals surface area contributed by atoms with Crippen LogP contribution in [0.2, 0.25) is 5.02 Å². The fourth-order valence-corrected chi connectivity index (χ4v) is 4.40. The maximum Gasteiger partial charge on any atom is 0.256 e. The third kappa shape index (κ3) is 3.30. The summed E-state index contributed by atoms with van der Waals surface area (Å²) in [5.74, 6) is 0.0677. The Bertz CT molecular complexity index is 895. The molecule has 4 heteroatoms. The first-order valence-corrected chi connectivity index (χ1v) is 9.34. The molecule has 0 fully saturated rings. The quantitative estimate of drug-likeness (QED) is 0.585. The molecule has 1 aliphatic rings. The highest BCUT2D eigenvalue weighted by atomic mass is 35.5. The van der Waals surface area contributed by atoms with Crippen LogP contribution in [0.4, 0.5) is 0 Å². The van der Waals surface area contributed by atoms with Crippen LogP contribution in [0.25, 0.3) is 0 Å². The topological polar surface area (TPSA) is 20.3 Å². The van der Waals surface area contributed by atoms with Crippen LogP contribution in [0.15, 0.2) is 83.8 Å². The maximum absolute atomic E-state index is 13.2. The molecule has 4 rings (SSSR count). The molecule has 0 spiro atoms. The fourth-order valence-electron chi connectivity index (χ4n) is 3.00. The molecule has 25 heavy (non-hydrogen) atoms. The molecule has 0 N–H and O–H groups in total. The van der Waals surface area contributed by atoms with E-state index in [0.29, 0.717) is 11.6 Å². The molecule has 0 bridgehead atoms. The fraction of sp³-hybridized carbons (Fsp3) is 0.0952. The highest BCUT2D eigenvalue weighted by molar-refractivity contribution is 7.99. The average molecular weight is 366 g/mol. The third-order valence-corrected chi connectivity index (χ3v) is 5.86. The van der Waals surface area contributed by atoms with Crippen LogP contribution in [-0.2, 0) is 6.54 Å². The Morgan fingerprint density at radius 3 is 2.32 bits per heavy atom. The Balaban J connectivity index is 1.75. The SMILES string of the molecule is O=C1c2ccccc2S[C@@H](c2ccc(Cl)cc2)N1Cc1ccccc1. The van der Waals surface area contributed by atoms with E-state index in [0.717, 1.165) is 21.6 Å². The number of hydrogen-bond donors (Lipinski definition) is 0. The minimum atomic E-state index is -0.0696. The van der Waals surface area contributed by atoms with Crippen LogP contribution in [0.5, 0.6) is 0 Å². The van der Waals surface area contributed by atoms with Crippen molar-refractivity contribution in [3.63, 3.8) is 0 Å². The summed E-state index contributed by atoms with van der Waals surface area (Å²) >= 11 is 7.75. The third-order valence-electron chi connectivity index (χ3n) is 4.25. The van der Waals surface area contributed by atoms with Crippen LogP contribution in [0.1, 0.15) is 26.9 Å². The molecule has 1 atom stereocenters. The number of amides is 1. The summed E-state index contributed by atoms with van der Waals surface area (Å²) in [6.45, 7) is 0.578. The number of rotatable bonds is 3. The first kappa shape index (κ1) is 16.2. The molecular formula is C21H16ClNOS. The zero-order valence-corrected chi connectivity index (χ0v) is 15.0. The molecule has 124 valence electrons. The summed E-state index contributed by atoms with van der Waals surface area (Å²) in [5.41, 5.74) is 2.97. The van der Waals surface area contributed by atoms with Crippen LogP contribution >= 0.6 is 23.4 Å². The van der Waals surface area contributed by atoms with E-state index in [-0.39, 0.29) is 11.3 Å². The summed E-state index contributed by atoms with van der Waals surface area (Å²) in [6.07, 6.45) is 0. The van der Waals surface area contributed by atoms with E-state index in [4.69, 9.17) is 11.6 Å². The van der Waals surface area contributed by atoms with Gasteiger partial charge in [0, 0.05) is 16.5 Å². The van der Waals surface area contributed by atoms with E-state index < -0.39 is 0 Å². The summed E-state index contributed by atoms with van der Waals surface area (Å²) in [5, 5.41) is 0.630. The van der Waals surface area contributed by atoms with Crippen molar-refractivity contribution in [2.24, 2.45) is 0 Å². The van der Waals surface area contributed by atoms with Gasteiger partial charge in [0.05, 0.1) is 5.56 Å². The maximum atomic E-state index is 13.2. The molecule has 0 saturated carbocycles. The largest absolute Gasteiger partial charge is 0.318 e. The lowest BCUT2D eigenvalue weighted by atomic mass is 10.1. The number of carbonyl (C=O) groups excluding carboxylic acids is 1. The molecule has 0 radical (unpaired) electrons. The molecule has 1 amide bonds. The van der Waals surface area contributed by atoms with E-state index in [9.17, 15) is 4.79 Å². The number of hydrogen-bond acceptors (Lipinski definition) is 2. The van der Waals surface area contributed by atoms with Crippen molar-refractivity contribution in [3.8, 4) is 0 Å². The van der Waals surface area contributed by atoms with Gasteiger partial charge in [-0.1, -0.05) is 78.0 Å². The summed E-state index contributed by atoms with van der Waals surface area (Å²) in [4.78, 5) is 16.1. The van der Waals surface area contributed by atoms with Gasteiger partial charge in [0.2, 0.25) is 0 Å². The van der Waals surface area contributed by atoms with Gasteiger partial charge in [0.15, 0.2) is 0 Å². The average Bonchev–Trinajstić information content (AvgIpc) is 2.65. The van der Waals surface area contributed by atoms with Crippen molar-refractivity contribution < 1.29 is 4.79 Å². The molecule has 0 unspecified atom stereocenters. The molecule has 3 aromatic rings. The summed E-state index contributed by atoms with van der Waals surface area (Å²) < 4.78 is 0. The van der Waals surface area contributed by atoms with Gasteiger partial charge in [-0.2, -0.15) is 0 Å². The standard InChI is InChI=1S/C21H16ClNOS/c22-17-12-10-16(11-13-17)21-23(14-15-6-2-1-3-7-15)20(24)18-8-4-5-9-19(18)25-21/h1-13,21H,14H2/t21-/m0/s1. The second-order valence-corrected chi connectivity index (χ2v) is 7.50. The zero-order chi connectivity index (χ0) is 17.2. The normalized spacial score (nSPS) is 16.6. The van der Waals surface area contributed by atoms with Gasteiger partial charge in [-0.05, 0) is 35.4 Å². The van der Waals surface area contributed by atoms with Gasteiger partial charge in [0.1, 0.15) is 5.37 Å². The van der Waals surface area contributed by atoms with E-state index in [2.05, 4.69) is 12.1 Å². The second kappa shape index (κ2) is 6.95. The van der Waals surface area contributed by atoms with Crippen molar-refractivity contribution in [1.29, 1.82) is 0 Å². The summed E-state index contributed by atoms with van der Waals surface area (Å²) in [6, 6.07) is 25.7. The molecular weight excluding hydrogens is 350 g/mol. The first-order chi connectivity index (χ1) is 12.2. The van der Waals surface area contributed by atoms with E-state index in [1.54, 1.807) is 11.8 Å². The van der Waals surface area contributed by atoms with E-state index >= 15 is 0 Å². The van der Waals surface area contributed by atoms with E-state index in [1.165, 1.54) is 0 Å². The second-order valence-electron chi connectivity index (χ2n) is 5.94. The van der Waals surface area contributed by atoms with Gasteiger partial charge in [-0.25, -0.2) is 0 Å². The lowest BCUT2D eigenvalue weighted by molar-refractivity contribution is 0.0712. The Hall–Kier alpha value is -2.23. The van der Waals surface area contributed by atoms with Gasteiger partial charge in [-0.15, -0.1) is 0 Å². The minimum absolute atomic E-state index is 0.0677. The van der Waals surface area contributed by atoms with Gasteiger partial charge in [-0.3, -0.25) is 4.79 Å². The predicted octanol–water partition coefficient (Wildman–Crippen LogP) is 5.79. The predicted molar refractivity (Wildman–Crippen MR) is 103 cm³/mol. The van der Waals surface area contributed by atoms with Crippen molar-refractivity contribution in [1.82, 2.24) is 4.90 Å². The Morgan fingerprint density at radius 1 is 0.880 bits per heavy atom. The van der Waals surface area contributed by atoms with Crippen molar-refractivity contribution >= 4 is 29.3 Å². The number of carbonyl (C=O) groups is 1. The smallest absolute Gasteiger partial charge is 0.256 e. The molecule has 1 heterocycles. The van der Waals surface area contributed by atoms with Crippen molar-refractivity contribution in [2.75, 3.05) is 0 Å². The van der Waals surface area contributed by atoms with E-state index in [1.807, 2.05) is 71.6 Å². The lowest BCUT2D eigenvalue weighted by Crippen LogP contribution is -2.36. The number of benzene rings is 3. The molecule has 0 aliphatic carbocycles. The first-order valence-electron chi connectivity index (χ1n) is 8.08. The van der Waals surface area contributed by atoms with Gasteiger partial charge >= 0.3 is 0 Å². The van der Waals surface area contributed by atoms with Gasteiger partial charge in [0.25, 0.3) is 5.91 Å². The Kier molecular flexibility index (Phi) is 4.51. The van der Waals surface area contributed by atoms with Crippen LogP contribution in [0.3, 0.4) is 0 Å². The molecule has 0 aromatic heterocycles. The zero-order valence-electron chi connectivity index (χ0n) is 13.4. The molecule has 2 nitrogen and oxygen atoms in total. The van der Waals surface area contributed by atoms with Crippen molar-refractivity contribution in [2.45, 2.75) is 16.8 Å².